The van der Waals surface area contributed by atoms with Gasteiger partial charge in [-0.05, 0) is 17.5 Å². The topological polar surface area (TPSA) is 20.2 Å². The highest BCUT2D eigenvalue weighted by molar-refractivity contribution is 5.45. The van der Waals surface area contributed by atoms with Crippen molar-refractivity contribution in [2.24, 2.45) is 0 Å². The van der Waals surface area contributed by atoms with Crippen molar-refractivity contribution in [3.05, 3.63) is 78.4 Å². The van der Waals surface area contributed by atoms with E-state index < -0.39 is 0 Å². The molecule has 88 valence electrons. The number of aliphatic hydroxyl groups excluding tert-OH is 1. The third-order valence-corrected chi connectivity index (χ3v) is 2.28. The van der Waals surface area contributed by atoms with Gasteiger partial charge in [-0.2, -0.15) is 0 Å². The molecule has 0 aromatic heterocycles. The molecule has 0 aliphatic heterocycles. The Balaban J connectivity index is 0.000000171. The number of hydrogen-bond acceptors (Lipinski definition) is 1. The smallest absolute Gasteiger partial charge is 0.0471 e. The van der Waals surface area contributed by atoms with Gasteiger partial charge in [0.15, 0.2) is 0 Å². The number of rotatable bonds is 3. The van der Waals surface area contributed by atoms with Crippen LogP contribution in [0.5, 0.6) is 0 Å². The van der Waals surface area contributed by atoms with Gasteiger partial charge in [0, 0.05) is 6.61 Å². The van der Waals surface area contributed by atoms with Crippen LogP contribution in [-0.2, 0) is 6.42 Å². The minimum absolute atomic E-state index is 0.240. The molecule has 0 bridgehead atoms. The molecule has 0 aliphatic rings. The molecule has 0 atom stereocenters. The molecule has 0 radical (unpaired) electrons. The molecule has 1 N–H and O–H groups in total. The van der Waals surface area contributed by atoms with E-state index in [4.69, 9.17) is 5.11 Å². The van der Waals surface area contributed by atoms with Crippen LogP contribution in [0.3, 0.4) is 0 Å². The van der Waals surface area contributed by atoms with Gasteiger partial charge < -0.3 is 5.11 Å². The normalized spacial score (nSPS) is 9.00. The van der Waals surface area contributed by atoms with E-state index in [1.54, 1.807) is 0 Å². The van der Waals surface area contributed by atoms with E-state index in [-0.39, 0.29) is 6.61 Å². The van der Waals surface area contributed by atoms with Crippen molar-refractivity contribution in [1.29, 1.82) is 0 Å². The summed E-state index contributed by atoms with van der Waals surface area (Å²) in [5, 5.41) is 8.52. The predicted octanol–water partition coefficient (Wildman–Crippen LogP) is 3.55. The first-order valence-electron chi connectivity index (χ1n) is 5.69. The summed E-state index contributed by atoms with van der Waals surface area (Å²) in [6, 6.07) is 20.0. The summed E-state index contributed by atoms with van der Waals surface area (Å²) >= 11 is 0. The van der Waals surface area contributed by atoms with Gasteiger partial charge in [0.1, 0.15) is 0 Å². The lowest BCUT2D eigenvalue weighted by Crippen LogP contribution is -1.88. The van der Waals surface area contributed by atoms with E-state index in [2.05, 4.69) is 6.58 Å². The zero-order chi connectivity index (χ0) is 12.3. The highest BCUT2D eigenvalue weighted by Gasteiger charge is 1.85. The van der Waals surface area contributed by atoms with Gasteiger partial charge in [-0.25, -0.2) is 0 Å². The molecular weight excluding hydrogens is 208 g/mol. The molecule has 0 fully saturated rings. The Morgan fingerprint density at radius 3 is 1.82 bits per heavy atom. The molecule has 0 aliphatic carbocycles. The largest absolute Gasteiger partial charge is 0.396 e. The Hall–Kier alpha value is -1.86. The molecule has 0 saturated carbocycles. The fourth-order valence-corrected chi connectivity index (χ4v) is 1.36. The maximum Gasteiger partial charge on any atom is 0.0471 e. The second kappa shape index (κ2) is 8.31. The van der Waals surface area contributed by atoms with Crippen LogP contribution >= 0.6 is 0 Å². The summed E-state index contributed by atoms with van der Waals surface area (Å²) in [6.07, 6.45) is 2.60. The van der Waals surface area contributed by atoms with Crippen LogP contribution in [0.1, 0.15) is 11.1 Å². The first-order chi connectivity index (χ1) is 8.36. The van der Waals surface area contributed by atoms with Crippen molar-refractivity contribution in [2.45, 2.75) is 6.42 Å². The van der Waals surface area contributed by atoms with Crippen molar-refractivity contribution in [3.8, 4) is 0 Å². The fraction of sp³-hybridized carbons (Fsp3) is 0.125. The predicted molar refractivity (Wildman–Crippen MR) is 73.8 cm³/mol. The Bertz CT molecular complexity index is 406. The zero-order valence-electron chi connectivity index (χ0n) is 9.92. The maximum atomic E-state index is 8.52. The molecule has 1 nitrogen and oxygen atoms in total. The summed E-state index contributed by atoms with van der Waals surface area (Å²) in [7, 11) is 0. The third-order valence-electron chi connectivity index (χ3n) is 2.28. The van der Waals surface area contributed by atoms with Crippen LogP contribution in [0.15, 0.2) is 67.2 Å². The second-order valence-corrected chi connectivity index (χ2v) is 3.57. The summed E-state index contributed by atoms with van der Waals surface area (Å²) in [6.45, 7) is 3.87. The molecule has 0 heterocycles. The van der Waals surface area contributed by atoms with Crippen molar-refractivity contribution in [2.75, 3.05) is 6.61 Å². The summed E-state index contributed by atoms with van der Waals surface area (Å²) in [4.78, 5) is 0. The Morgan fingerprint density at radius 2 is 1.41 bits per heavy atom. The van der Waals surface area contributed by atoms with Gasteiger partial charge in [-0.3, -0.25) is 0 Å². The molecule has 1 heteroatoms. The van der Waals surface area contributed by atoms with Gasteiger partial charge in [-0.15, -0.1) is 0 Å². The minimum Gasteiger partial charge on any atom is -0.396 e. The van der Waals surface area contributed by atoms with Crippen molar-refractivity contribution >= 4 is 6.08 Å². The lowest BCUT2D eigenvalue weighted by atomic mass is 10.2. The highest BCUT2D eigenvalue weighted by atomic mass is 16.2. The average molecular weight is 226 g/mol. The molecule has 0 unspecified atom stereocenters. The van der Waals surface area contributed by atoms with Crippen LogP contribution in [-0.4, -0.2) is 11.7 Å². The van der Waals surface area contributed by atoms with E-state index in [1.807, 2.05) is 66.7 Å². The highest BCUT2D eigenvalue weighted by Crippen LogP contribution is 1.98. The molecule has 2 aromatic rings. The lowest BCUT2D eigenvalue weighted by Gasteiger charge is -1.93. The standard InChI is InChI=1S/C8H10O.C8H8/c9-7-6-8-4-2-1-3-5-8;1-2-8-6-4-3-5-7-8/h1-5,9H,6-7H2;2-7H,1H2. The maximum absolute atomic E-state index is 8.52. The average Bonchev–Trinajstić information content (AvgIpc) is 2.42. The molecule has 0 amide bonds. The van der Waals surface area contributed by atoms with E-state index in [9.17, 15) is 0 Å². The monoisotopic (exact) mass is 226 g/mol. The van der Waals surface area contributed by atoms with Crippen molar-refractivity contribution < 1.29 is 5.11 Å². The van der Waals surface area contributed by atoms with Crippen LogP contribution < -0.4 is 0 Å². The first kappa shape index (κ1) is 13.2. The van der Waals surface area contributed by atoms with Crippen molar-refractivity contribution in [3.63, 3.8) is 0 Å². The van der Waals surface area contributed by atoms with Crippen LogP contribution in [0.2, 0.25) is 0 Å². The van der Waals surface area contributed by atoms with Crippen LogP contribution in [0.4, 0.5) is 0 Å². The molecule has 2 rings (SSSR count). The molecule has 0 saturated heterocycles. The van der Waals surface area contributed by atoms with Crippen LogP contribution in [0.25, 0.3) is 6.08 Å². The second-order valence-electron chi connectivity index (χ2n) is 3.57. The SMILES string of the molecule is C=Cc1ccccc1.OCCc1ccccc1. The lowest BCUT2D eigenvalue weighted by molar-refractivity contribution is 0.299. The third kappa shape index (κ3) is 5.69. The van der Waals surface area contributed by atoms with E-state index in [0.717, 1.165) is 6.42 Å². The minimum atomic E-state index is 0.240. The quantitative estimate of drug-likeness (QED) is 0.848. The zero-order valence-corrected chi connectivity index (χ0v) is 9.92. The molecular formula is C16H18O. The Morgan fingerprint density at radius 1 is 0.882 bits per heavy atom. The van der Waals surface area contributed by atoms with Gasteiger partial charge >= 0.3 is 0 Å². The van der Waals surface area contributed by atoms with Gasteiger partial charge in [0.25, 0.3) is 0 Å². The van der Waals surface area contributed by atoms with Crippen LogP contribution in [0, 0.1) is 0 Å². The summed E-state index contributed by atoms with van der Waals surface area (Å²) in [5.74, 6) is 0. The van der Waals surface area contributed by atoms with Gasteiger partial charge in [0.2, 0.25) is 0 Å². The van der Waals surface area contributed by atoms with Gasteiger partial charge in [0.05, 0.1) is 0 Å². The Labute approximate surface area is 103 Å². The summed E-state index contributed by atoms with van der Waals surface area (Å²) < 4.78 is 0. The van der Waals surface area contributed by atoms with E-state index in [1.165, 1.54) is 11.1 Å². The number of hydrogen-bond donors (Lipinski definition) is 1. The van der Waals surface area contributed by atoms with Crippen molar-refractivity contribution in [1.82, 2.24) is 0 Å². The summed E-state index contributed by atoms with van der Waals surface area (Å²) in [5.41, 5.74) is 2.37. The molecule has 2 aromatic carbocycles. The fourth-order valence-electron chi connectivity index (χ4n) is 1.36. The number of benzene rings is 2. The molecule has 0 spiro atoms. The number of aliphatic hydroxyl groups is 1. The molecule has 17 heavy (non-hydrogen) atoms. The van der Waals surface area contributed by atoms with Gasteiger partial charge in [-0.1, -0.05) is 73.3 Å². The van der Waals surface area contributed by atoms with E-state index >= 15 is 0 Å². The Kier molecular flexibility index (Phi) is 6.46. The first-order valence-corrected chi connectivity index (χ1v) is 5.69. The van der Waals surface area contributed by atoms with E-state index in [0.29, 0.717) is 0 Å².